The second-order valence-electron chi connectivity index (χ2n) is 5.63. The molecule has 1 unspecified atom stereocenters. The third kappa shape index (κ3) is 3.50. The molecular weight excluding hydrogens is 320 g/mol. The minimum Gasteiger partial charge on any atom is -0.394 e. The van der Waals surface area contributed by atoms with Gasteiger partial charge in [0.2, 0.25) is 5.79 Å². The molecule has 0 amide bonds. The van der Waals surface area contributed by atoms with Crippen molar-refractivity contribution < 1.29 is 55.1 Å². The minimum absolute atomic E-state index is 0.466. The molecule has 136 valence electrons. The summed E-state index contributed by atoms with van der Waals surface area (Å²) in [5.41, 5.74) is 0. The van der Waals surface area contributed by atoms with Crippen molar-refractivity contribution in [1.29, 1.82) is 0 Å². The maximum atomic E-state index is 10.1. The van der Waals surface area contributed by atoms with E-state index in [-0.39, 0.29) is 0 Å². The fraction of sp³-hybridized carbons (Fsp3) is 1.00. The Balaban J connectivity index is 2.17. The summed E-state index contributed by atoms with van der Waals surface area (Å²) >= 11 is 0. The average Bonchev–Trinajstić information content (AvgIpc) is 2.55. The van der Waals surface area contributed by atoms with Crippen molar-refractivity contribution in [3.8, 4) is 0 Å². The topological polar surface area (TPSA) is 190 Å². The van der Waals surface area contributed by atoms with Gasteiger partial charge in [0.25, 0.3) is 0 Å². The Hall–Kier alpha value is -0.440. The first-order valence-corrected chi connectivity index (χ1v) is 7.04. The van der Waals surface area contributed by atoms with Crippen LogP contribution in [0, 0.1) is 0 Å². The Morgan fingerprint density at radius 1 is 0.957 bits per heavy atom. The lowest BCUT2D eigenvalue weighted by molar-refractivity contribution is -0.387. The van der Waals surface area contributed by atoms with E-state index in [4.69, 9.17) is 19.3 Å². The van der Waals surface area contributed by atoms with Crippen LogP contribution >= 0.6 is 0 Å². The van der Waals surface area contributed by atoms with Crippen molar-refractivity contribution in [2.75, 3.05) is 19.8 Å². The van der Waals surface area contributed by atoms with Gasteiger partial charge in [0.15, 0.2) is 6.29 Å². The lowest BCUT2D eigenvalue weighted by Gasteiger charge is -2.47. The molecule has 9 atom stereocenters. The van der Waals surface area contributed by atoms with Crippen molar-refractivity contribution in [2.24, 2.45) is 0 Å². The van der Waals surface area contributed by atoms with Gasteiger partial charge in [-0.25, -0.2) is 0 Å². The molecule has 0 saturated carbocycles. The van der Waals surface area contributed by atoms with E-state index in [0.717, 1.165) is 0 Å². The first-order valence-electron chi connectivity index (χ1n) is 7.04. The zero-order chi connectivity index (χ0) is 17.4. The number of aliphatic hydroxyl groups excluding tert-OH is 7. The molecule has 0 radical (unpaired) electrons. The fourth-order valence-corrected chi connectivity index (χ4v) is 2.53. The first kappa shape index (κ1) is 18.9. The summed E-state index contributed by atoms with van der Waals surface area (Å²) in [6, 6.07) is 0. The van der Waals surface area contributed by atoms with E-state index in [2.05, 4.69) is 0 Å². The molecule has 2 aliphatic heterocycles. The van der Waals surface area contributed by atoms with Gasteiger partial charge < -0.3 is 55.1 Å². The van der Waals surface area contributed by atoms with Crippen molar-refractivity contribution in [3.05, 3.63) is 0 Å². The van der Waals surface area contributed by atoms with E-state index >= 15 is 0 Å². The Labute approximate surface area is 130 Å². The number of aliphatic hydroxyl groups is 8. The van der Waals surface area contributed by atoms with E-state index in [1.807, 2.05) is 0 Å². The molecule has 0 aromatic carbocycles. The molecule has 2 heterocycles. The first-order chi connectivity index (χ1) is 10.7. The second-order valence-corrected chi connectivity index (χ2v) is 5.63. The summed E-state index contributed by atoms with van der Waals surface area (Å²) in [5.74, 6) is -2.38. The van der Waals surface area contributed by atoms with Crippen LogP contribution in [-0.2, 0) is 14.2 Å². The van der Waals surface area contributed by atoms with Crippen molar-refractivity contribution >= 4 is 0 Å². The maximum absolute atomic E-state index is 10.1. The standard InChI is InChI=1S/C12H22O11/c13-1-5-7(17)8(18)9(19)11(22-5)23-10-6(16)4(15)2-21-12(10,20)3-14/h4-11,13-20H,1-3H2/t4-,5-,6-,7+,8+,9-,10-,11+,12?/m0/s1. The predicted molar refractivity (Wildman–Crippen MR) is 68.6 cm³/mol. The predicted octanol–water partition coefficient (Wildman–Crippen LogP) is -5.40. The van der Waals surface area contributed by atoms with Gasteiger partial charge in [-0.05, 0) is 0 Å². The van der Waals surface area contributed by atoms with Crippen molar-refractivity contribution in [3.63, 3.8) is 0 Å². The van der Waals surface area contributed by atoms with Gasteiger partial charge in [-0.1, -0.05) is 0 Å². The van der Waals surface area contributed by atoms with Gasteiger partial charge in [-0.3, -0.25) is 0 Å². The molecular formula is C12H22O11. The average molecular weight is 342 g/mol. The molecule has 0 aliphatic carbocycles. The molecule has 8 N–H and O–H groups in total. The molecule has 0 bridgehead atoms. The van der Waals surface area contributed by atoms with Crippen LogP contribution in [0.5, 0.6) is 0 Å². The highest BCUT2D eigenvalue weighted by Crippen LogP contribution is 2.30. The normalized spacial score (nSPS) is 51.7. The minimum atomic E-state index is -2.38. The van der Waals surface area contributed by atoms with E-state index in [1.165, 1.54) is 0 Å². The molecule has 0 spiro atoms. The van der Waals surface area contributed by atoms with E-state index in [1.54, 1.807) is 0 Å². The van der Waals surface area contributed by atoms with Crippen LogP contribution in [0.2, 0.25) is 0 Å². The Morgan fingerprint density at radius 3 is 2.17 bits per heavy atom. The number of hydrogen-bond acceptors (Lipinski definition) is 11. The zero-order valence-electron chi connectivity index (χ0n) is 12.0. The molecule has 23 heavy (non-hydrogen) atoms. The van der Waals surface area contributed by atoms with Gasteiger partial charge in [0.1, 0.15) is 42.7 Å². The molecule has 2 fully saturated rings. The number of ether oxygens (including phenoxy) is 3. The summed E-state index contributed by atoms with van der Waals surface area (Å²) in [4.78, 5) is 0. The molecule has 0 aromatic heterocycles. The molecule has 0 aromatic rings. The Kier molecular flexibility index (Phi) is 5.92. The lowest BCUT2D eigenvalue weighted by atomic mass is 9.96. The van der Waals surface area contributed by atoms with E-state index in [9.17, 15) is 35.7 Å². The monoisotopic (exact) mass is 342 g/mol. The highest BCUT2D eigenvalue weighted by Gasteiger charge is 2.53. The molecule has 11 heteroatoms. The largest absolute Gasteiger partial charge is 0.394 e. The third-order valence-electron chi connectivity index (χ3n) is 4.01. The lowest BCUT2D eigenvalue weighted by Crippen LogP contribution is -2.67. The summed E-state index contributed by atoms with van der Waals surface area (Å²) in [5, 5.41) is 77.2. The molecule has 2 rings (SSSR count). The van der Waals surface area contributed by atoms with E-state index in [0.29, 0.717) is 0 Å². The van der Waals surface area contributed by atoms with Gasteiger partial charge in [-0.15, -0.1) is 0 Å². The maximum Gasteiger partial charge on any atom is 0.219 e. The van der Waals surface area contributed by atoms with Crippen molar-refractivity contribution in [2.45, 2.75) is 54.8 Å². The molecule has 2 aliphatic rings. The van der Waals surface area contributed by atoms with Crippen LogP contribution in [0.25, 0.3) is 0 Å². The van der Waals surface area contributed by atoms with Gasteiger partial charge in [0.05, 0.1) is 19.8 Å². The Morgan fingerprint density at radius 2 is 1.61 bits per heavy atom. The fourth-order valence-electron chi connectivity index (χ4n) is 2.53. The van der Waals surface area contributed by atoms with Crippen LogP contribution in [-0.4, -0.2) is 115 Å². The third-order valence-corrected chi connectivity index (χ3v) is 4.01. The quantitative estimate of drug-likeness (QED) is 0.243. The Bertz CT molecular complexity index is 393. The van der Waals surface area contributed by atoms with E-state index < -0.39 is 74.6 Å². The highest BCUT2D eigenvalue weighted by molar-refractivity contribution is 4.95. The van der Waals surface area contributed by atoms with Crippen LogP contribution in [0.15, 0.2) is 0 Å². The van der Waals surface area contributed by atoms with Crippen molar-refractivity contribution in [1.82, 2.24) is 0 Å². The zero-order valence-corrected chi connectivity index (χ0v) is 12.0. The molecule has 11 nitrogen and oxygen atoms in total. The van der Waals surface area contributed by atoms with Crippen LogP contribution < -0.4 is 0 Å². The summed E-state index contributed by atoms with van der Waals surface area (Å²) < 4.78 is 15.1. The summed E-state index contributed by atoms with van der Waals surface area (Å²) in [6.45, 7) is -2.15. The summed E-state index contributed by atoms with van der Waals surface area (Å²) in [7, 11) is 0. The van der Waals surface area contributed by atoms with Gasteiger partial charge >= 0.3 is 0 Å². The van der Waals surface area contributed by atoms with Gasteiger partial charge in [0, 0.05) is 0 Å². The SMILES string of the molecule is OC[C@@H]1O[C@H](O[C@H]2[C@@H](O)[C@@H](O)COC2(O)CO)[C@@H](O)[C@H](O)[C@@H]1O. The number of rotatable bonds is 4. The number of hydrogen-bond donors (Lipinski definition) is 8. The molecule has 2 saturated heterocycles. The second kappa shape index (κ2) is 7.21. The van der Waals surface area contributed by atoms with Crippen LogP contribution in [0.3, 0.4) is 0 Å². The smallest absolute Gasteiger partial charge is 0.219 e. The highest BCUT2D eigenvalue weighted by atomic mass is 16.7. The van der Waals surface area contributed by atoms with Gasteiger partial charge in [-0.2, -0.15) is 0 Å². The van der Waals surface area contributed by atoms with Crippen LogP contribution in [0.1, 0.15) is 0 Å². The van der Waals surface area contributed by atoms with Crippen LogP contribution in [0.4, 0.5) is 0 Å². The summed E-state index contributed by atoms with van der Waals surface area (Å²) in [6.07, 6.45) is -12.9.